The number of anilines is 1. The Balaban J connectivity index is 1.29. The summed E-state index contributed by atoms with van der Waals surface area (Å²) >= 11 is 6.46. The average molecular weight is 380 g/mol. The molecule has 2 aromatic heterocycles. The van der Waals surface area contributed by atoms with Gasteiger partial charge >= 0.3 is 0 Å². The summed E-state index contributed by atoms with van der Waals surface area (Å²) in [5.41, 5.74) is 2.49. The van der Waals surface area contributed by atoms with Crippen molar-refractivity contribution in [2.24, 2.45) is 5.41 Å². The molecule has 0 unspecified atom stereocenters. The molecule has 1 saturated heterocycles. The van der Waals surface area contributed by atoms with Crippen LogP contribution in [0.5, 0.6) is 0 Å². The molecule has 0 N–H and O–H groups in total. The molecule has 0 amide bonds. The van der Waals surface area contributed by atoms with Crippen LogP contribution in [0.15, 0.2) is 12.4 Å². The van der Waals surface area contributed by atoms with Crippen LogP contribution in [-0.2, 0) is 11.9 Å². The van der Waals surface area contributed by atoms with Crippen LogP contribution in [0.3, 0.4) is 0 Å². The number of hydrogen-bond acceptors (Lipinski definition) is 4. The predicted molar refractivity (Wildman–Crippen MR) is 99.4 cm³/mol. The normalized spacial score (nSPS) is 23.1. The van der Waals surface area contributed by atoms with Gasteiger partial charge in [-0.05, 0) is 44.2 Å². The number of rotatable bonds is 4. The lowest BCUT2D eigenvalue weighted by atomic mass is 9.60. The zero-order chi connectivity index (χ0) is 17.2. The summed E-state index contributed by atoms with van der Waals surface area (Å²) in [7, 11) is 0. The molecule has 8 heteroatoms. The molecule has 0 atom stereocenters. The van der Waals surface area contributed by atoms with Gasteiger partial charge in [0.25, 0.3) is 0 Å². The van der Waals surface area contributed by atoms with E-state index in [-0.39, 0.29) is 11.9 Å². The molecule has 1 aliphatic heterocycles. The quantitative estimate of drug-likeness (QED) is 0.829. The highest BCUT2D eigenvalue weighted by atomic mass is 35.5. The zero-order valence-electron chi connectivity index (χ0n) is 14.2. The van der Waals surface area contributed by atoms with E-state index in [1.165, 1.54) is 19.3 Å². The van der Waals surface area contributed by atoms with Gasteiger partial charge in [-0.25, -0.2) is 18.0 Å². The second kappa shape index (κ2) is 5.66. The first-order valence-corrected chi connectivity index (χ1v) is 10.1. The van der Waals surface area contributed by atoms with Crippen molar-refractivity contribution in [3.8, 4) is 0 Å². The van der Waals surface area contributed by atoms with E-state index in [2.05, 4.69) is 19.3 Å². The highest BCUT2D eigenvalue weighted by molar-refractivity contribution is 7.63. The maximum Gasteiger partial charge on any atom is 0.156 e. The third-order valence-electron chi connectivity index (χ3n) is 6.29. The van der Waals surface area contributed by atoms with E-state index in [0.29, 0.717) is 22.7 Å². The molecular weight excluding hydrogens is 358 g/mol. The van der Waals surface area contributed by atoms with E-state index >= 15 is 0 Å². The highest BCUT2D eigenvalue weighted by Crippen LogP contribution is 2.52. The first-order valence-electron chi connectivity index (χ1n) is 8.96. The lowest BCUT2D eigenvalue weighted by Gasteiger charge is -2.61. The van der Waals surface area contributed by atoms with E-state index in [4.69, 9.17) is 11.6 Å². The van der Waals surface area contributed by atoms with Crippen molar-refractivity contribution in [1.29, 1.82) is 0 Å². The topological polar surface area (TPSA) is 53.7 Å². The molecule has 134 valence electrons. The van der Waals surface area contributed by atoms with Crippen LogP contribution in [0.2, 0.25) is 5.15 Å². The summed E-state index contributed by atoms with van der Waals surface area (Å²) in [6, 6.07) is 2.97. The number of nitrogens with zero attached hydrogens (tertiary/aromatic N) is 5. The van der Waals surface area contributed by atoms with Crippen molar-refractivity contribution < 1.29 is 4.21 Å². The van der Waals surface area contributed by atoms with Crippen molar-refractivity contribution in [2.45, 2.75) is 51.1 Å². The third-order valence-corrected chi connectivity index (χ3v) is 7.40. The van der Waals surface area contributed by atoms with Gasteiger partial charge in [0.1, 0.15) is 17.0 Å². The summed E-state index contributed by atoms with van der Waals surface area (Å²) in [6.07, 6.45) is 7.58. The molecule has 3 aliphatic rings. The number of thiol groups is 1. The van der Waals surface area contributed by atoms with Crippen LogP contribution in [-0.4, -0.2) is 48.3 Å². The fourth-order valence-electron chi connectivity index (χ4n) is 4.77. The maximum atomic E-state index is 11.5. The minimum absolute atomic E-state index is 0.211. The standard InChI is InChI=1S/C17H22ClN5OS/c1-11-5-14(18)22-15(11)16(19-10-20-22)21-8-17(9-21)6-13(7-17)23(25-24)12-3-2-4-12/h5,10,12-13,25H,2-4,6-9H2,1H3. The van der Waals surface area contributed by atoms with E-state index in [0.717, 1.165) is 42.8 Å². The van der Waals surface area contributed by atoms with Gasteiger partial charge in [0.05, 0.1) is 11.9 Å². The van der Waals surface area contributed by atoms with Gasteiger partial charge in [-0.2, -0.15) is 5.10 Å². The molecule has 6 nitrogen and oxygen atoms in total. The summed E-state index contributed by atoms with van der Waals surface area (Å²) in [4.78, 5) is 6.85. The third kappa shape index (κ3) is 2.35. The minimum Gasteiger partial charge on any atom is -0.354 e. The first kappa shape index (κ1) is 16.0. The van der Waals surface area contributed by atoms with Crippen molar-refractivity contribution in [3.05, 3.63) is 23.1 Å². The molecule has 0 radical (unpaired) electrons. The number of fused-ring (bicyclic) bond motifs is 1. The average Bonchev–Trinajstić information content (AvgIpc) is 2.76. The number of aromatic nitrogens is 3. The van der Waals surface area contributed by atoms with E-state index in [1.807, 2.05) is 13.0 Å². The Morgan fingerprint density at radius 1 is 1.32 bits per heavy atom. The Bertz CT molecular complexity index is 837. The molecular formula is C17H22ClN5OS. The summed E-state index contributed by atoms with van der Waals surface area (Å²) < 4.78 is 15.5. The van der Waals surface area contributed by atoms with Crippen LogP contribution < -0.4 is 4.90 Å². The van der Waals surface area contributed by atoms with Crippen LogP contribution in [0, 0.1) is 12.3 Å². The van der Waals surface area contributed by atoms with Gasteiger partial charge in [-0.15, -0.1) is 0 Å². The van der Waals surface area contributed by atoms with Crippen molar-refractivity contribution >= 4 is 34.8 Å². The molecule has 5 rings (SSSR count). The van der Waals surface area contributed by atoms with Crippen LogP contribution in [0.4, 0.5) is 5.82 Å². The summed E-state index contributed by atoms with van der Waals surface area (Å²) in [5.74, 6) is 0.978. The van der Waals surface area contributed by atoms with E-state index < -0.39 is 0 Å². The highest BCUT2D eigenvalue weighted by Gasteiger charge is 2.55. The SMILES string of the molecule is Cc1cc(Cl)n2ncnc(N3CC4(CC(N([SH]=O)C5CCC5)C4)C3)c12. The van der Waals surface area contributed by atoms with Crippen molar-refractivity contribution in [1.82, 2.24) is 18.9 Å². The fourth-order valence-corrected chi connectivity index (χ4v) is 5.72. The van der Waals surface area contributed by atoms with Crippen LogP contribution in [0.1, 0.15) is 37.7 Å². The summed E-state index contributed by atoms with van der Waals surface area (Å²) in [6.45, 7) is 4.09. The van der Waals surface area contributed by atoms with Gasteiger partial charge < -0.3 is 4.90 Å². The largest absolute Gasteiger partial charge is 0.354 e. The van der Waals surface area contributed by atoms with E-state index in [1.54, 1.807) is 10.8 Å². The molecule has 3 heterocycles. The van der Waals surface area contributed by atoms with Crippen molar-refractivity contribution in [2.75, 3.05) is 18.0 Å². The molecule has 25 heavy (non-hydrogen) atoms. The lowest BCUT2D eigenvalue weighted by Crippen LogP contribution is -2.67. The number of aryl methyl sites for hydroxylation is 1. The molecule has 2 aromatic rings. The zero-order valence-corrected chi connectivity index (χ0v) is 15.9. The Hall–Kier alpha value is -1.18. The Morgan fingerprint density at radius 3 is 2.72 bits per heavy atom. The second-order valence-electron chi connectivity index (χ2n) is 7.96. The molecule has 2 saturated carbocycles. The smallest absolute Gasteiger partial charge is 0.156 e. The molecule has 0 aromatic carbocycles. The van der Waals surface area contributed by atoms with Gasteiger partial charge in [0.15, 0.2) is 5.82 Å². The molecule has 1 spiro atoms. The van der Waals surface area contributed by atoms with Crippen LogP contribution >= 0.6 is 11.6 Å². The molecule has 3 fully saturated rings. The lowest BCUT2D eigenvalue weighted by molar-refractivity contribution is -0.00664. The number of halogens is 1. The molecule has 2 aliphatic carbocycles. The fraction of sp³-hybridized carbons (Fsp3) is 0.647. The monoisotopic (exact) mass is 379 g/mol. The predicted octanol–water partition coefficient (Wildman–Crippen LogP) is 2.37. The van der Waals surface area contributed by atoms with Crippen molar-refractivity contribution in [3.63, 3.8) is 0 Å². The Morgan fingerprint density at radius 2 is 2.08 bits per heavy atom. The second-order valence-corrected chi connectivity index (χ2v) is 8.97. The van der Waals surface area contributed by atoms with Gasteiger partial charge in [0.2, 0.25) is 0 Å². The van der Waals surface area contributed by atoms with E-state index in [9.17, 15) is 4.21 Å². The van der Waals surface area contributed by atoms with Crippen LogP contribution in [0.25, 0.3) is 5.52 Å². The number of hydrogen-bond donors (Lipinski definition) is 1. The summed E-state index contributed by atoms with van der Waals surface area (Å²) in [5, 5.41) is 4.89. The molecule has 0 bridgehead atoms. The van der Waals surface area contributed by atoms with Gasteiger partial charge in [0, 0.05) is 30.6 Å². The maximum absolute atomic E-state index is 11.5. The first-order chi connectivity index (χ1) is 12.1. The minimum atomic E-state index is 0.211. The van der Waals surface area contributed by atoms with Gasteiger partial charge in [-0.3, -0.25) is 0 Å². The van der Waals surface area contributed by atoms with Gasteiger partial charge in [-0.1, -0.05) is 18.0 Å². The Kier molecular flexibility index (Phi) is 3.63. The Labute approximate surface area is 155 Å².